The third kappa shape index (κ3) is 2.48. The molecule has 0 aromatic rings. The maximum absolute atomic E-state index is 5.72. The van der Waals surface area contributed by atoms with Crippen LogP contribution < -0.4 is 11.3 Å². The third-order valence-electron chi connectivity index (χ3n) is 4.14. The van der Waals surface area contributed by atoms with Gasteiger partial charge in [0, 0.05) is 6.04 Å². The molecule has 84 valence electrons. The highest BCUT2D eigenvalue weighted by atomic mass is 15.2. The molecule has 0 amide bonds. The zero-order valence-corrected chi connectivity index (χ0v) is 9.92. The lowest BCUT2D eigenvalue weighted by atomic mass is 9.80. The van der Waals surface area contributed by atoms with E-state index in [9.17, 15) is 0 Å². The van der Waals surface area contributed by atoms with Crippen LogP contribution >= 0.6 is 0 Å². The number of rotatable bonds is 5. The van der Waals surface area contributed by atoms with Crippen LogP contribution in [0.1, 0.15) is 52.9 Å². The van der Waals surface area contributed by atoms with E-state index >= 15 is 0 Å². The molecule has 1 aliphatic carbocycles. The summed E-state index contributed by atoms with van der Waals surface area (Å²) in [5.41, 5.74) is 3.08. The second kappa shape index (κ2) is 5.72. The lowest BCUT2D eigenvalue weighted by Gasteiger charge is -2.32. The van der Waals surface area contributed by atoms with Crippen LogP contribution in [0.5, 0.6) is 0 Å². The molecule has 0 aromatic carbocycles. The molecule has 14 heavy (non-hydrogen) atoms. The van der Waals surface area contributed by atoms with Crippen molar-refractivity contribution >= 4 is 0 Å². The van der Waals surface area contributed by atoms with Crippen molar-refractivity contribution in [3.63, 3.8) is 0 Å². The SMILES string of the molecule is CCC(CC)C(NN)C1CCCC1C. The van der Waals surface area contributed by atoms with Gasteiger partial charge in [0.15, 0.2) is 0 Å². The first-order chi connectivity index (χ1) is 6.74. The van der Waals surface area contributed by atoms with Gasteiger partial charge in [-0.2, -0.15) is 0 Å². The Morgan fingerprint density at radius 2 is 1.93 bits per heavy atom. The zero-order valence-electron chi connectivity index (χ0n) is 9.92. The fraction of sp³-hybridized carbons (Fsp3) is 1.00. The molecule has 1 saturated carbocycles. The molecule has 3 atom stereocenters. The van der Waals surface area contributed by atoms with Crippen molar-refractivity contribution < 1.29 is 0 Å². The molecular weight excluding hydrogens is 172 g/mol. The molecule has 0 radical (unpaired) electrons. The molecule has 0 heterocycles. The van der Waals surface area contributed by atoms with Gasteiger partial charge in [-0.1, -0.05) is 46.5 Å². The van der Waals surface area contributed by atoms with E-state index in [0.29, 0.717) is 6.04 Å². The Hall–Kier alpha value is -0.0800. The topological polar surface area (TPSA) is 38.0 Å². The van der Waals surface area contributed by atoms with E-state index in [4.69, 9.17) is 5.84 Å². The summed E-state index contributed by atoms with van der Waals surface area (Å²) in [7, 11) is 0. The van der Waals surface area contributed by atoms with Gasteiger partial charge >= 0.3 is 0 Å². The number of hydrogen-bond acceptors (Lipinski definition) is 2. The fourth-order valence-corrected chi connectivity index (χ4v) is 3.11. The zero-order chi connectivity index (χ0) is 10.6. The van der Waals surface area contributed by atoms with Crippen molar-refractivity contribution in [1.29, 1.82) is 0 Å². The Labute approximate surface area is 88.6 Å². The average molecular weight is 198 g/mol. The van der Waals surface area contributed by atoms with Gasteiger partial charge in [-0.3, -0.25) is 11.3 Å². The van der Waals surface area contributed by atoms with E-state index in [0.717, 1.165) is 17.8 Å². The molecule has 1 aliphatic rings. The molecule has 3 N–H and O–H groups in total. The predicted octanol–water partition coefficient (Wildman–Crippen LogP) is 2.69. The van der Waals surface area contributed by atoms with Crippen molar-refractivity contribution in [2.45, 2.75) is 58.9 Å². The summed E-state index contributed by atoms with van der Waals surface area (Å²) in [4.78, 5) is 0. The number of nitrogens with one attached hydrogen (secondary N) is 1. The van der Waals surface area contributed by atoms with Crippen LogP contribution in [-0.2, 0) is 0 Å². The van der Waals surface area contributed by atoms with E-state index in [1.54, 1.807) is 0 Å². The van der Waals surface area contributed by atoms with Gasteiger partial charge in [0.1, 0.15) is 0 Å². The number of nitrogens with two attached hydrogens (primary N) is 1. The first-order valence-corrected chi connectivity index (χ1v) is 6.20. The van der Waals surface area contributed by atoms with Gasteiger partial charge in [-0.25, -0.2) is 0 Å². The van der Waals surface area contributed by atoms with Gasteiger partial charge < -0.3 is 0 Å². The minimum absolute atomic E-state index is 0.544. The summed E-state index contributed by atoms with van der Waals surface area (Å²) in [6, 6.07) is 0.544. The molecule has 2 heteroatoms. The highest BCUT2D eigenvalue weighted by molar-refractivity contribution is 4.87. The van der Waals surface area contributed by atoms with Gasteiger partial charge in [0.25, 0.3) is 0 Å². The van der Waals surface area contributed by atoms with Gasteiger partial charge in [-0.05, 0) is 24.2 Å². The first kappa shape index (κ1) is 12.0. The maximum atomic E-state index is 5.72. The molecule has 2 nitrogen and oxygen atoms in total. The van der Waals surface area contributed by atoms with Crippen molar-refractivity contribution in [2.24, 2.45) is 23.6 Å². The van der Waals surface area contributed by atoms with Crippen LogP contribution in [-0.4, -0.2) is 6.04 Å². The van der Waals surface area contributed by atoms with Crippen LogP contribution in [0.3, 0.4) is 0 Å². The highest BCUT2D eigenvalue weighted by Crippen LogP contribution is 2.37. The summed E-state index contributed by atoms with van der Waals surface area (Å²) in [6.45, 7) is 6.93. The Morgan fingerprint density at radius 3 is 2.29 bits per heavy atom. The molecule has 0 bridgehead atoms. The van der Waals surface area contributed by atoms with Crippen LogP contribution in [0.4, 0.5) is 0 Å². The van der Waals surface area contributed by atoms with Gasteiger partial charge in [-0.15, -0.1) is 0 Å². The number of hydrogen-bond donors (Lipinski definition) is 2. The fourth-order valence-electron chi connectivity index (χ4n) is 3.11. The van der Waals surface area contributed by atoms with E-state index in [1.807, 2.05) is 0 Å². The Morgan fingerprint density at radius 1 is 1.29 bits per heavy atom. The lowest BCUT2D eigenvalue weighted by molar-refractivity contribution is 0.213. The third-order valence-corrected chi connectivity index (χ3v) is 4.14. The minimum atomic E-state index is 0.544. The molecule has 3 unspecified atom stereocenters. The van der Waals surface area contributed by atoms with Crippen molar-refractivity contribution in [2.75, 3.05) is 0 Å². The van der Waals surface area contributed by atoms with E-state index in [1.165, 1.54) is 32.1 Å². The molecule has 0 aromatic heterocycles. The summed E-state index contributed by atoms with van der Waals surface area (Å²) in [5.74, 6) is 8.14. The van der Waals surface area contributed by atoms with E-state index in [-0.39, 0.29) is 0 Å². The molecule has 0 saturated heterocycles. The van der Waals surface area contributed by atoms with Crippen LogP contribution in [0.15, 0.2) is 0 Å². The molecular formula is C12H26N2. The largest absolute Gasteiger partial charge is 0.271 e. The van der Waals surface area contributed by atoms with Crippen LogP contribution in [0, 0.1) is 17.8 Å². The van der Waals surface area contributed by atoms with E-state index < -0.39 is 0 Å². The Balaban J connectivity index is 2.59. The van der Waals surface area contributed by atoms with Gasteiger partial charge in [0.05, 0.1) is 0 Å². The molecule has 0 spiro atoms. The quantitative estimate of drug-likeness (QED) is 0.526. The molecule has 1 rings (SSSR count). The number of hydrazine groups is 1. The predicted molar refractivity (Wildman–Crippen MR) is 61.7 cm³/mol. The summed E-state index contributed by atoms with van der Waals surface area (Å²) in [5, 5.41) is 0. The lowest BCUT2D eigenvalue weighted by Crippen LogP contribution is -2.46. The first-order valence-electron chi connectivity index (χ1n) is 6.20. The second-order valence-corrected chi connectivity index (χ2v) is 4.84. The molecule has 1 fully saturated rings. The van der Waals surface area contributed by atoms with Crippen molar-refractivity contribution in [1.82, 2.24) is 5.43 Å². The van der Waals surface area contributed by atoms with Crippen LogP contribution in [0.2, 0.25) is 0 Å². The normalized spacial score (nSPS) is 29.8. The van der Waals surface area contributed by atoms with Crippen molar-refractivity contribution in [3.05, 3.63) is 0 Å². The maximum Gasteiger partial charge on any atom is 0.0269 e. The van der Waals surface area contributed by atoms with E-state index in [2.05, 4.69) is 26.2 Å². The summed E-state index contributed by atoms with van der Waals surface area (Å²) >= 11 is 0. The Kier molecular flexibility index (Phi) is 4.90. The molecule has 0 aliphatic heterocycles. The summed E-state index contributed by atoms with van der Waals surface area (Å²) in [6.07, 6.45) is 6.64. The Bertz CT molecular complexity index is 154. The monoisotopic (exact) mass is 198 g/mol. The standard InChI is InChI=1S/C12H26N2/c1-4-10(5-2)12(14-13)11-8-6-7-9(11)3/h9-12,14H,4-8,13H2,1-3H3. The summed E-state index contributed by atoms with van der Waals surface area (Å²) < 4.78 is 0. The van der Waals surface area contributed by atoms with Crippen LogP contribution in [0.25, 0.3) is 0 Å². The van der Waals surface area contributed by atoms with Crippen molar-refractivity contribution in [3.8, 4) is 0 Å². The highest BCUT2D eigenvalue weighted by Gasteiger charge is 2.33. The average Bonchev–Trinajstić information content (AvgIpc) is 2.61. The second-order valence-electron chi connectivity index (χ2n) is 4.84. The van der Waals surface area contributed by atoms with Gasteiger partial charge in [0.2, 0.25) is 0 Å². The smallest absolute Gasteiger partial charge is 0.0269 e. The minimum Gasteiger partial charge on any atom is -0.271 e.